The van der Waals surface area contributed by atoms with Crippen LogP contribution in [0.4, 0.5) is 0 Å². The van der Waals surface area contributed by atoms with E-state index >= 15 is 0 Å². The summed E-state index contributed by atoms with van der Waals surface area (Å²) < 4.78 is 4.45. The van der Waals surface area contributed by atoms with Crippen LogP contribution < -0.4 is 0 Å². The van der Waals surface area contributed by atoms with Gasteiger partial charge in [-0.1, -0.05) is 12.1 Å². The summed E-state index contributed by atoms with van der Waals surface area (Å²) in [5, 5.41) is 2.02. The topological polar surface area (TPSA) is 26.3 Å². The van der Waals surface area contributed by atoms with Gasteiger partial charge in [0.05, 0.1) is 7.11 Å². The summed E-state index contributed by atoms with van der Waals surface area (Å²) in [6.45, 7) is 0. The molecule has 1 aromatic heterocycles. The maximum Gasteiger partial charge on any atom is 0.330 e. The fourth-order valence-electron chi connectivity index (χ4n) is 0.768. The van der Waals surface area contributed by atoms with Gasteiger partial charge >= 0.3 is 5.97 Å². The van der Waals surface area contributed by atoms with Gasteiger partial charge in [0, 0.05) is 17.4 Å². The van der Waals surface area contributed by atoms with Crippen LogP contribution in [0.3, 0.4) is 0 Å². The molecule has 1 rings (SSSR count). The smallest absolute Gasteiger partial charge is 0.330 e. The molecule has 0 fully saturated rings. The minimum atomic E-state index is -0.299. The van der Waals surface area contributed by atoms with Crippen LogP contribution in [0.2, 0.25) is 0 Å². The number of rotatable bonds is 3. The van der Waals surface area contributed by atoms with Gasteiger partial charge in [-0.15, -0.1) is 11.3 Å². The normalized spacial score (nSPS) is 10.4. The average Bonchev–Trinajstić information content (AvgIpc) is 2.57. The first kappa shape index (κ1) is 9.00. The van der Waals surface area contributed by atoms with Crippen molar-refractivity contribution in [2.45, 2.75) is 6.42 Å². The molecule has 0 aliphatic rings. The van der Waals surface area contributed by atoms with Crippen LogP contribution in [0.5, 0.6) is 0 Å². The summed E-state index contributed by atoms with van der Waals surface area (Å²) in [4.78, 5) is 11.9. The number of methoxy groups -OCH3 is 1. The number of allylic oxidation sites excluding steroid dienone is 1. The van der Waals surface area contributed by atoms with Gasteiger partial charge < -0.3 is 4.74 Å². The number of ether oxygens (including phenoxy) is 1. The van der Waals surface area contributed by atoms with E-state index in [0.29, 0.717) is 0 Å². The maximum atomic E-state index is 10.6. The zero-order valence-electron chi connectivity index (χ0n) is 6.82. The van der Waals surface area contributed by atoms with Crippen LogP contribution in [0.25, 0.3) is 0 Å². The third-order valence-corrected chi connectivity index (χ3v) is 2.25. The molecule has 0 aliphatic carbocycles. The quantitative estimate of drug-likeness (QED) is 0.528. The summed E-state index contributed by atoms with van der Waals surface area (Å²) >= 11 is 1.68. The molecule has 0 saturated heterocycles. The Bertz CT molecular complexity index is 262. The van der Waals surface area contributed by atoms with Crippen LogP contribution in [-0.2, 0) is 16.0 Å². The summed E-state index contributed by atoms with van der Waals surface area (Å²) in [7, 11) is 1.37. The van der Waals surface area contributed by atoms with Gasteiger partial charge in [-0.25, -0.2) is 4.79 Å². The van der Waals surface area contributed by atoms with E-state index in [9.17, 15) is 4.79 Å². The van der Waals surface area contributed by atoms with Crippen molar-refractivity contribution >= 4 is 17.3 Å². The highest BCUT2D eigenvalue weighted by Crippen LogP contribution is 2.09. The van der Waals surface area contributed by atoms with Crippen molar-refractivity contribution in [3.63, 3.8) is 0 Å². The van der Waals surface area contributed by atoms with E-state index < -0.39 is 0 Å². The number of hydrogen-bond acceptors (Lipinski definition) is 3. The van der Waals surface area contributed by atoms with Crippen molar-refractivity contribution in [3.8, 4) is 0 Å². The lowest BCUT2D eigenvalue weighted by Gasteiger charge is -1.89. The van der Waals surface area contributed by atoms with E-state index in [-0.39, 0.29) is 5.97 Å². The standard InChI is InChI=1S/C9H10O2S/c1-11-9(10)6-2-4-8-5-3-7-12-8/h2-3,5-7H,4H2,1H3/b6-2-. The summed E-state index contributed by atoms with van der Waals surface area (Å²) in [5.41, 5.74) is 0. The molecule has 0 saturated carbocycles. The summed E-state index contributed by atoms with van der Waals surface area (Å²) in [6.07, 6.45) is 4.05. The van der Waals surface area contributed by atoms with E-state index in [2.05, 4.69) is 4.74 Å². The van der Waals surface area contributed by atoms with Crippen LogP contribution >= 0.6 is 11.3 Å². The van der Waals surface area contributed by atoms with Gasteiger partial charge in [-0.3, -0.25) is 0 Å². The predicted octanol–water partition coefficient (Wildman–Crippen LogP) is 2.02. The second-order valence-electron chi connectivity index (χ2n) is 2.21. The lowest BCUT2D eigenvalue weighted by atomic mass is 10.3. The SMILES string of the molecule is COC(=O)/C=C\Cc1cccs1. The fraction of sp³-hybridized carbons (Fsp3) is 0.222. The Morgan fingerprint density at radius 1 is 1.75 bits per heavy atom. The first-order valence-electron chi connectivity index (χ1n) is 3.60. The highest BCUT2D eigenvalue weighted by molar-refractivity contribution is 7.09. The number of carbonyl (C=O) groups excluding carboxylic acids is 1. The first-order chi connectivity index (χ1) is 5.83. The Hall–Kier alpha value is -1.09. The molecule has 0 aliphatic heterocycles. The molecular formula is C9H10O2S. The third-order valence-electron chi connectivity index (χ3n) is 1.35. The predicted molar refractivity (Wildman–Crippen MR) is 49.2 cm³/mol. The number of hydrogen-bond donors (Lipinski definition) is 0. The number of thiophene rings is 1. The zero-order valence-corrected chi connectivity index (χ0v) is 7.64. The van der Waals surface area contributed by atoms with Crippen LogP contribution in [-0.4, -0.2) is 13.1 Å². The second-order valence-corrected chi connectivity index (χ2v) is 3.24. The Kier molecular flexibility index (Phi) is 3.54. The van der Waals surface area contributed by atoms with Gasteiger partial charge in [0.25, 0.3) is 0 Å². The van der Waals surface area contributed by atoms with Crippen LogP contribution in [0.1, 0.15) is 4.88 Å². The van der Waals surface area contributed by atoms with Crippen molar-refractivity contribution in [3.05, 3.63) is 34.5 Å². The Morgan fingerprint density at radius 2 is 2.58 bits per heavy atom. The van der Waals surface area contributed by atoms with Gasteiger partial charge in [0.2, 0.25) is 0 Å². The van der Waals surface area contributed by atoms with Gasteiger partial charge in [-0.05, 0) is 11.4 Å². The lowest BCUT2D eigenvalue weighted by Crippen LogP contribution is -1.93. The number of esters is 1. The highest BCUT2D eigenvalue weighted by atomic mass is 32.1. The van der Waals surface area contributed by atoms with Crippen LogP contribution in [0.15, 0.2) is 29.7 Å². The van der Waals surface area contributed by atoms with Crippen LogP contribution in [0, 0.1) is 0 Å². The second kappa shape index (κ2) is 4.72. The molecule has 64 valence electrons. The molecule has 1 aromatic rings. The monoisotopic (exact) mass is 182 g/mol. The van der Waals surface area contributed by atoms with E-state index in [1.807, 2.05) is 17.5 Å². The summed E-state index contributed by atoms with van der Waals surface area (Å²) in [6, 6.07) is 4.03. The molecule has 2 nitrogen and oxygen atoms in total. The van der Waals surface area contributed by atoms with E-state index in [4.69, 9.17) is 0 Å². The van der Waals surface area contributed by atoms with E-state index in [1.165, 1.54) is 18.1 Å². The zero-order chi connectivity index (χ0) is 8.81. The minimum Gasteiger partial charge on any atom is -0.466 e. The molecule has 0 bridgehead atoms. The maximum absolute atomic E-state index is 10.6. The molecule has 0 aromatic carbocycles. The highest BCUT2D eigenvalue weighted by Gasteiger charge is 1.91. The third kappa shape index (κ3) is 2.88. The Morgan fingerprint density at radius 3 is 3.17 bits per heavy atom. The molecule has 12 heavy (non-hydrogen) atoms. The molecule has 0 amide bonds. The molecule has 0 atom stereocenters. The van der Waals surface area contributed by atoms with Crippen molar-refractivity contribution in [1.29, 1.82) is 0 Å². The van der Waals surface area contributed by atoms with Crippen molar-refractivity contribution in [1.82, 2.24) is 0 Å². The molecule has 3 heteroatoms. The molecule has 0 spiro atoms. The lowest BCUT2D eigenvalue weighted by molar-refractivity contribution is -0.134. The molecule has 0 N–H and O–H groups in total. The number of carbonyl (C=O) groups is 1. The van der Waals surface area contributed by atoms with E-state index in [1.54, 1.807) is 17.4 Å². The van der Waals surface area contributed by atoms with Crippen molar-refractivity contribution in [2.24, 2.45) is 0 Å². The first-order valence-corrected chi connectivity index (χ1v) is 4.48. The largest absolute Gasteiger partial charge is 0.466 e. The Balaban J connectivity index is 2.35. The van der Waals surface area contributed by atoms with Crippen molar-refractivity contribution in [2.75, 3.05) is 7.11 Å². The molecule has 1 heterocycles. The van der Waals surface area contributed by atoms with Gasteiger partial charge in [0.15, 0.2) is 0 Å². The average molecular weight is 182 g/mol. The minimum absolute atomic E-state index is 0.299. The van der Waals surface area contributed by atoms with Gasteiger partial charge in [0.1, 0.15) is 0 Å². The van der Waals surface area contributed by atoms with E-state index in [0.717, 1.165) is 6.42 Å². The van der Waals surface area contributed by atoms with Gasteiger partial charge in [-0.2, -0.15) is 0 Å². The molecule has 0 radical (unpaired) electrons. The fourth-order valence-corrected chi connectivity index (χ4v) is 1.45. The molecule has 0 unspecified atom stereocenters. The Labute approximate surface area is 75.5 Å². The summed E-state index contributed by atoms with van der Waals surface area (Å²) in [5.74, 6) is -0.299. The van der Waals surface area contributed by atoms with Crippen molar-refractivity contribution < 1.29 is 9.53 Å². The molecular weight excluding hydrogens is 172 g/mol.